The molecule has 3 saturated heterocycles. The van der Waals surface area contributed by atoms with Gasteiger partial charge in [0.25, 0.3) is 10.1 Å². The number of ether oxygens (including phenoxy) is 4. The molecule has 0 N–H and O–H groups in total. The summed E-state index contributed by atoms with van der Waals surface area (Å²) in [5.74, 6) is 0.994. The quantitative estimate of drug-likeness (QED) is 0.474. The largest absolute Gasteiger partial charge is 0.350 e. The van der Waals surface area contributed by atoms with Crippen LogP contribution in [0.5, 0.6) is 0 Å². The topological polar surface area (TPSA) is 80.3 Å². The molecule has 0 radical (unpaired) electrons. The van der Waals surface area contributed by atoms with Gasteiger partial charge in [0.15, 0.2) is 11.6 Å². The molecule has 0 aromatic carbocycles. The van der Waals surface area contributed by atoms with E-state index in [0.717, 1.165) is 103 Å². The first-order chi connectivity index (χ1) is 17.5. The molecule has 7 fully saturated rings. The number of fused-ring (bicyclic) bond motifs is 1. The summed E-state index contributed by atoms with van der Waals surface area (Å²) in [6.45, 7) is 2.36. The fourth-order valence-corrected chi connectivity index (χ4v) is 11.7. The summed E-state index contributed by atoms with van der Waals surface area (Å²) >= 11 is 0. The van der Waals surface area contributed by atoms with E-state index in [1.807, 2.05) is 0 Å². The molecule has 7 unspecified atom stereocenters. The lowest BCUT2D eigenvalue weighted by atomic mass is 9.70. The Hall–Kier alpha value is -0.250. The molecule has 7 nitrogen and oxygen atoms in total. The first-order valence-corrected chi connectivity index (χ1v) is 16.4. The van der Waals surface area contributed by atoms with E-state index in [-0.39, 0.29) is 29.3 Å². The van der Waals surface area contributed by atoms with Gasteiger partial charge in [-0.05, 0) is 94.3 Å². The highest BCUT2D eigenvalue weighted by Gasteiger charge is 2.66. The fraction of sp³-hybridized carbons (Fsp3) is 1.00. The molecule has 3 aliphatic heterocycles. The standard InChI is InChI=1S/C28H44O7S/c29-36(30)26-22-16-21(17-24(22)35-36)25(26)19-8-11-27(12-9-19)31-15-5-7-23(34-27)20-6-4-10-28(18-20)32-13-2-1-3-14-33-28/h19-26H,1-18H2. The van der Waals surface area contributed by atoms with Gasteiger partial charge in [0, 0.05) is 31.6 Å². The van der Waals surface area contributed by atoms with Gasteiger partial charge in [-0.2, -0.15) is 8.42 Å². The van der Waals surface area contributed by atoms with E-state index in [9.17, 15) is 8.42 Å². The van der Waals surface area contributed by atoms with Gasteiger partial charge in [-0.15, -0.1) is 0 Å². The smallest absolute Gasteiger partial charge is 0.271 e. The van der Waals surface area contributed by atoms with Crippen LogP contribution in [0.25, 0.3) is 0 Å². The van der Waals surface area contributed by atoms with E-state index in [2.05, 4.69) is 0 Å². The average molecular weight is 525 g/mol. The van der Waals surface area contributed by atoms with Crippen LogP contribution in [0.4, 0.5) is 0 Å². The second kappa shape index (κ2) is 9.44. The molecule has 3 heterocycles. The van der Waals surface area contributed by atoms with Gasteiger partial charge in [0.05, 0.1) is 37.3 Å². The van der Waals surface area contributed by atoms with Crippen LogP contribution in [-0.2, 0) is 33.2 Å². The van der Waals surface area contributed by atoms with Crippen molar-refractivity contribution in [2.75, 3.05) is 19.8 Å². The first kappa shape index (κ1) is 24.8. The summed E-state index contributed by atoms with van der Waals surface area (Å²) in [5, 5.41) is -0.258. The van der Waals surface area contributed by atoms with Crippen LogP contribution in [0, 0.1) is 29.6 Å². The molecule has 2 bridgehead atoms. The molecule has 7 atom stereocenters. The second-order valence-electron chi connectivity index (χ2n) is 13.0. The summed E-state index contributed by atoms with van der Waals surface area (Å²) in [6.07, 6.45) is 15.6. The third-order valence-corrected chi connectivity index (χ3v) is 12.8. The maximum absolute atomic E-state index is 12.8. The van der Waals surface area contributed by atoms with E-state index in [1.54, 1.807) is 0 Å². The summed E-state index contributed by atoms with van der Waals surface area (Å²) in [7, 11) is -3.40. The molecule has 4 saturated carbocycles. The molecule has 0 aromatic rings. The van der Waals surface area contributed by atoms with Crippen molar-refractivity contribution in [2.24, 2.45) is 29.6 Å². The van der Waals surface area contributed by atoms with Crippen molar-refractivity contribution in [1.82, 2.24) is 0 Å². The van der Waals surface area contributed by atoms with Crippen molar-refractivity contribution in [1.29, 1.82) is 0 Å². The van der Waals surface area contributed by atoms with Gasteiger partial charge in [0.1, 0.15) is 0 Å². The Morgan fingerprint density at radius 2 is 1.39 bits per heavy atom. The molecule has 7 rings (SSSR count). The minimum atomic E-state index is -3.40. The van der Waals surface area contributed by atoms with Crippen LogP contribution in [0.3, 0.4) is 0 Å². The Bertz CT molecular complexity index is 903. The van der Waals surface area contributed by atoms with E-state index in [1.165, 1.54) is 12.8 Å². The summed E-state index contributed by atoms with van der Waals surface area (Å²) in [6, 6.07) is 0. The molecule has 7 aliphatic rings. The van der Waals surface area contributed by atoms with Crippen molar-refractivity contribution in [3.05, 3.63) is 0 Å². The number of rotatable bonds is 2. The molecule has 8 heteroatoms. The lowest BCUT2D eigenvalue weighted by Crippen LogP contribution is -2.49. The summed E-state index contributed by atoms with van der Waals surface area (Å²) in [4.78, 5) is 0. The molecule has 4 aliphatic carbocycles. The van der Waals surface area contributed by atoms with E-state index in [4.69, 9.17) is 23.1 Å². The van der Waals surface area contributed by atoms with Crippen molar-refractivity contribution < 1.29 is 31.5 Å². The third kappa shape index (κ3) is 4.30. The van der Waals surface area contributed by atoms with Crippen molar-refractivity contribution in [3.8, 4) is 0 Å². The zero-order chi connectivity index (χ0) is 24.4. The third-order valence-electron chi connectivity index (χ3n) is 11.0. The van der Waals surface area contributed by atoms with Crippen LogP contribution < -0.4 is 0 Å². The highest BCUT2D eigenvalue weighted by molar-refractivity contribution is 7.87. The van der Waals surface area contributed by atoms with Gasteiger partial charge in [0.2, 0.25) is 0 Å². The van der Waals surface area contributed by atoms with Crippen molar-refractivity contribution in [2.45, 2.75) is 125 Å². The van der Waals surface area contributed by atoms with Crippen LogP contribution in [0.15, 0.2) is 0 Å². The molecule has 0 amide bonds. The molecule has 36 heavy (non-hydrogen) atoms. The maximum atomic E-state index is 12.8. The van der Waals surface area contributed by atoms with Gasteiger partial charge in [-0.1, -0.05) is 0 Å². The van der Waals surface area contributed by atoms with Crippen LogP contribution in [-0.4, -0.2) is 57.3 Å². The molecular weight excluding hydrogens is 480 g/mol. The van der Waals surface area contributed by atoms with Gasteiger partial charge in [-0.25, -0.2) is 0 Å². The summed E-state index contributed by atoms with van der Waals surface area (Å²) in [5.41, 5.74) is 0. The number of hydrogen-bond donors (Lipinski definition) is 0. The predicted molar refractivity (Wildman–Crippen MR) is 132 cm³/mol. The zero-order valence-electron chi connectivity index (χ0n) is 21.6. The molecule has 204 valence electrons. The minimum Gasteiger partial charge on any atom is -0.350 e. The zero-order valence-corrected chi connectivity index (χ0v) is 22.4. The van der Waals surface area contributed by atoms with Crippen molar-refractivity contribution >= 4 is 10.1 Å². The molecular formula is C28H44O7S. The minimum absolute atomic E-state index is 0.0324. The Balaban J connectivity index is 1.02. The summed E-state index contributed by atoms with van der Waals surface area (Å²) < 4.78 is 57.2. The van der Waals surface area contributed by atoms with E-state index in [0.29, 0.717) is 17.8 Å². The highest BCUT2D eigenvalue weighted by Crippen LogP contribution is 2.61. The lowest BCUT2D eigenvalue weighted by Gasteiger charge is -2.47. The first-order valence-electron chi connectivity index (χ1n) is 15.0. The van der Waals surface area contributed by atoms with Crippen LogP contribution in [0.2, 0.25) is 0 Å². The Labute approximate surface area is 216 Å². The average Bonchev–Trinajstić information content (AvgIpc) is 3.40. The van der Waals surface area contributed by atoms with E-state index >= 15 is 0 Å². The van der Waals surface area contributed by atoms with Crippen LogP contribution in [0.1, 0.15) is 96.3 Å². The van der Waals surface area contributed by atoms with E-state index < -0.39 is 21.7 Å². The second-order valence-corrected chi connectivity index (χ2v) is 14.7. The molecule has 0 aromatic heterocycles. The maximum Gasteiger partial charge on any atom is 0.271 e. The van der Waals surface area contributed by atoms with Crippen LogP contribution >= 0.6 is 0 Å². The SMILES string of the molecule is O=S1(=O)OC2CC3CC2C1C3C1CCC2(CC1)OCCCC(C1CCCC3(C1)OCCCCCO3)O2. The number of hydrogen-bond acceptors (Lipinski definition) is 7. The molecule has 2 spiro atoms. The normalized spacial score (nSPS) is 50.1. The Morgan fingerprint density at radius 1 is 0.639 bits per heavy atom. The van der Waals surface area contributed by atoms with Gasteiger partial charge < -0.3 is 18.9 Å². The lowest BCUT2D eigenvalue weighted by molar-refractivity contribution is -0.295. The monoisotopic (exact) mass is 524 g/mol. The van der Waals surface area contributed by atoms with Gasteiger partial charge in [-0.3, -0.25) is 4.18 Å². The van der Waals surface area contributed by atoms with Crippen molar-refractivity contribution in [3.63, 3.8) is 0 Å². The Kier molecular flexibility index (Phi) is 6.50. The predicted octanol–water partition coefficient (Wildman–Crippen LogP) is 4.93. The fourth-order valence-electron chi connectivity index (χ4n) is 9.42. The highest BCUT2D eigenvalue weighted by atomic mass is 32.2. The van der Waals surface area contributed by atoms with Gasteiger partial charge >= 0.3 is 0 Å². The Morgan fingerprint density at radius 3 is 2.19 bits per heavy atom.